The van der Waals surface area contributed by atoms with Crippen molar-refractivity contribution in [1.29, 1.82) is 0 Å². The van der Waals surface area contributed by atoms with Crippen molar-refractivity contribution in [2.75, 3.05) is 13.7 Å². The predicted molar refractivity (Wildman–Crippen MR) is 171 cm³/mol. The summed E-state index contributed by atoms with van der Waals surface area (Å²) in [6, 6.07) is 7.49. The Morgan fingerprint density at radius 1 is 1.11 bits per heavy atom. The summed E-state index contributed by atoms with van der Waals surface area (Å²) in [6.45, 7) is 9.58. The molecule has 0 radical (unpaired) electrons. The monoisotopic (exact) mass is 625 g/mol. The molecule has 5 heterocycles. The van der Waals surface area contributed by atoms with E-state index in [0.29, 0.717) is 57.7 Å². The van der Waals surface area contributed by atoms with Gasteiger partial charge in [0.1, 0.15) is 5.65 Å². The van der Waals surface area contributed by atoms with Crippen LogP contribution in [0.2, 0.25) is 0 Å². The number of pyridine rings is 2. The average Bonchev–Trinajstić information content (AvgIpc) is 3.36. The van der Waals surface area contributed by atoms with E-state index in [4.69, 9.17) is 19.2 Å². The summed E-state index contributed by atoms with van der Waals surface area (Å²) in [7, 11) is 3.41. The largest absolute Gasteiger partial charge is 0.490 e. The van der Waals surface area contributed by atoms with Gasteiger partial charge in [-0.3, -0.25) is 4.98 Å². The number of carbonyl (C=O) groups is 1. The molecule has 11 heteroatoms. The second-order valence-electron chi connectivity index (χ2n) is 12.4. The summed E-state index contributed by atoms with van der Waals surface area (Å²) in [5.74, 6) is -1.38. The first-order chi connectivity index (χ1) is 21.9. The Labute approximate surface area is 266 Å². The molecule has 6 rings (SSSR count). The Hall–Kier alpha value is -4.90. The van der Waals surface area contributed by atoms with Gasteiger partial charge >= 0.3 is 12.0 Å². The van der Waals surface area contributed by atoms with Crippen LogP contribution in [0.5, 0.6) is 11.8 Å². The van der Waals surface area contributed by atoms with Crippen molar-refractivity contribution in [1.82, 2.24) is 24.5 Å². The highest BCUT2D eigenvalue weighted by Gasteiger charge is 2.34. The topological polar surface area (TPSA) is 121 Å². The minimum atomic E-state index is -1.35. The van der Waals surface area contributed by atoms with Crippen LogP contribution in [-0.4, -0.2) is 54.9 Å². The predicted octanol–water partition coefficient (Wildman–Crippen LogP) is 6.79. The number of aryl methyl sites for hydroxylation is 2. The maximum absolute atomic E-state index is 15.7. The van der Waals surface area contributed by atoms with Gasteiger partial charge in [-0.15, -0.1) is 0 Å². The van der Waals surface area contributed by atoms with E-state index in [1.54, 1.807) is 46.3 Å². The number of hydrogen-bond donors (Lipinski definition) is 1. The smallest absolute Gasteiger partial charge is 0.337 e. The van der Waals surface area contributed by atoms with Crippen LogP contribution in [0.3, 0.4) is 0 Å². The van der Waals surface area contributed by atoms with Crippen molar-refractivity contribution in [2.45, 2.75) is 59.2 Å². The maximum Gasteiger partial charge on any atom is 0.337 e. The van der Waals surface area contributed by atoms with Gasteiger partial charge in [0.25, 0.3) is 0 Å². The van der Waals surface area contributed by atoms with E-state index < -0.39 is 23.5 Å². The van der Waals surface area contributed by atoms with E-state index in [1.807, 2.05) is 36.7 Å². The molecule has 238 valence electrons. The quantitative estimate of drug-likeness (QED) is 0.208. The molecule has 0 spiro atoms. The van der Waals surface area contributed by atoms with Gasteiger partial charge < -0.3 is 23.9 Å². The minimum Gasteiger partial charge on any atom is -0.490 e. The summed E-state index contributed by atoms with van der Waals surface area (Å²) in [6.07, 6.45) is 5.06. The van der Waals surface area contributed by atoms with Crippen molar-refractivity contribution in [3.8, 4) is 45.4 Å². The Morgan fingerprint density at radius 2 is 1.85 bits per heavy atom. The number of nitrogens with zero attached hydrogens (tertiary/aromatic N) is 5. The average molecular weight is 626 g/mol. The second kappa shape index (κ2) is 11.8. The summed E-state index contributed by atoms with van der Waals surface area (Å²) < 4.78 is 34.7. The Bertz CT molecular complexity index is 1980. The van der Waals surface area contributed by atoms with E-state index in [9.17, 15) is 9.90 Å². The summed E-state index contributed by atoms with van der Waals surface area (Å²) >= 11 is 0. The highest BCUT2D eigenvalue weighted by molar-refractivity contribution is 6.01. The van der Waals surface area contributed by atoms with Crippen molar-refractivity contribution < 1.29 is 28.5 Å². The van der Waals surface area contributed by atoms with Crippen LogP contribution in [-0.2, 0) is 23.0 Å². The third-order valence-corrected chi connectivity index (χ3v) is 8.23. The van der Waals surface area contributed by atoms with E-state index in [2.05, 4.69) is 15.0 Å². The minimum absolute atomic E-state index is 0.258. The molecule has 0 saturated carbocycles. The van der Waals surface area contributed by atoms with Crippen molar-refractivity contribution in [3.05, 3.63) is 71.1 Å². The molecule has 4 aromatic heterocycles. The van der Waals surface area contributed by atoms with Crippen LogP contribution < -0.4 is 9.47 Å². The van der Waals surface area contributed by atoms with Gasteiger partial charge in [0, 0.05) is 64.5 Å². The van der Waals surface area contributed by atoms with Crippen LogP contribution in [0.15, 0.2) is 42.9 Å². The number of methoxy groups -OCH3 is 1. The van der Waals surface area contributed by atoms with E-state index in [0.717, 1.165) is 28.8 Å². The lowest BCUT2D eigenvalue weighted by Gasteiger charge is -2.29. The number of rotatable bonds is 7. The zero-order valence-electron chi connectivity index (χ0n) is 26.9. The number of aromatic nitrogens is 5. The summed E-state index contributed by atoms with van der Waals surface area (Å²) in [5.41, 5.74) is 6.49. The molecule has 1 atom stereocenters. The van der Waals surface area contributed by atoms with Gasteiger partial charge in [0.05, 0.1) is 30.7 Å². The Morgan fingerprint density at radius 3 is 2.52 bits per heavy atom. The van der Waals surface area contributed by atoms with E-state index >= 15 is 4.39 Å². The lowest BCUT2D eigenvalue weighted by atomic mass is 9.86. The van der Waals surface area contributed by atoms with Crippen LogP contribution in [0.1, 0.15) is 55.7 Å². The standard InChI is InChI=1S/C35H36FN5O5/c1-18-22-9-8-12-45-30(22)25(36)14-23(18)29-24-15-27(20-10-11-37-26(13-20)21-16-38-34(44-7)39-17-21)41(6)32(24)40-19(2)28(29)31(33(42)43)46-35(3,4)5/h10-11,13-17,31H,8-9,12H2,1-7H3,(H,42,43)/t31-/m0/s1. The molecular weight excluding hydrogens is 589 g/mol. The number of carboxylic acids is 1. The number of aliphatic carboxylic acids is 1. The maximum atomic E-state index is 15.7. The molecule has 0 unspecified atom stereocenters. The third kappa shape index (κ3) is 5.55. The van der Waals surface area contributed by atoms with Crippen molar-refractivity contribution in [2.24, 2.45) is 7.05 Å². The lowest BCUT2D eigenvalue weighted by molar-refractivity contribution is -0.160. The number of ether oxygens (including phenoxy) is 3. The molecule has 1 aliphatic rings. The summed E-state index contributed by atoms with van der Waals surface area (Å²) in [5, 5.41) is 11.2. The van der Waals surface area contributed by atoms with Crippen LogP contribution in [0.4, 0.5) is 4.39 Å². The molecule has 5 aromatic rings. The highest BCUT2D eigenvalue weighted by Crippen LogP contribution is 2.45. The molecule has 0 saturated heterocycles. The zero-order chi connectivity index (χ0) is 32.9. The van der Waals surface area contributed by atoms with Crippen molar-refractivity contribution >= 4 is 17.0 Å². The number of carboxylic acid groups (broad SMARTS) is 1. The fraction of sp³-hybridized carbons (Fsp3) is 0.343. The second-order valence-corrected chi connectivity index (χ2v) is 12.4. The van der Waals surface area contributed by atoms with Crippen LogP contribution >= 0.6 is 0 Å². The van der Waals surface area contributed by atoms with E-state index in [-0.39, 0.29) is 11.8 Å². The van der Waals surface area contributed by atoms with Crippen LogP contribution in [0, 0.1) is 19.7 Å². The molecule has 0 aliphatic carbocycles. The first-order valence-corrected chi connectivity index (χ1v) is 15.1. The SMILES string of the molecule is COc1ncc(-c2cc(-c3cc4c(-c5cc(F)c6c(c5C)CCCO6)c([C@H](OC(C)(C)C)C(=O)O)c(C)nc4n3C)ccn2)cn1. The first-order valence-electron chi connectivity index (χ1n) is 15.1. The van der Waals surface area contributed by atoms with Gasteiger partial charge in [0.2, 0.25) is 0 Å². The number of halogens is 1. The molecule has 0 amide bonds. The molecule has 1 aliphatic heterocycles. The fourth-order valence-electron chi connectivity index (χ4n) is 6.15. The van der Waals surface area contributed by atoms with Gasteiger partial charge in [-0.1, -0.05) is 0 Å². The molecule has 1 N–H and O–H groups in total. The van der Waals surface area contributed by atoms with Gasteiger partial charge in [-0.25, -0.2) is 24.1 Å². The van der Waals surface area contributed by atoms with Gasteiger partial charge in [-0.05, 0) is 82.9 Å². The molecule has 1 aromatic carbocycles. The van der Waals surface area contributed by atoms with Crippen molar-refractivity contribution in [3.63, 3.8) is 0 Å². The van der Waals surface area contributed by atoms with Crippen LogP contribution in [0.25, 0.3) is 44.7 Å². The highest BCUT2D eigenvalue weighted by atomic mass is 19.1. The summed E-state index contributed by atoms with van der Waals surface area (Å²) in [4.78, 5) is 30.7. The lowest BCUT2D eigenvalue weighted by Crippen LogP contribution is -2.28. The number of benzene rings is 1. The third-order valence-electron chi connectivity index (χ3n) is 8.23. The Kier molecular flexibility index (Phi) is 7.97. The van der Waals surface area contributed by atoms with E-state index in [1.165, 1.54) is 13.2 Å². The Balaban J connectivity index is 1.63. The van der Waals surface area contributed by atoms with Gasteiger partial charge in [-0.2, -0.15) is 0 Å². The van der Waals surface area contributed by atoms with Gasteiger partial charge in [0.15, 0.2) is 17.7 Å². The molecule has 46 heavy (non-hydrogen) atoms. The zero-order valence-corrected chi connectivity index (χ0v) is 26.9. The molecular formula is C35H36FN5O5. The molecule has 0 fully saturated rings. The molecule has 0 bridgehead atoms. The normalized spacial score (nSPS) is 13.7. The first kappa shape index (κ1) is 31.1. The number of hydrogen-bond acceptors (Lipinski definition) is 8. The molecule has 10 nitrogen and oxygen atoms in total. The fourth-order valence-corrected chi connectivity index (χ4v) is 6.15. The number of fused-ring (bicyclic) bond motifs is 2.